The lowest BCUT2D eigenvalue weighted by Gasteiger charge is -2.33. The summed E-state index contributed by atoms with van der Waals surface area (Å²) in [5, 5.41) is 0. The van der Waals surface area contributed by atoms with Gasteiger partial charge in [0.15, 0.2) is 0 Å². The van der Waals surface area contributed by atoms with Crippen LogP contribution in [0.4, 0.5) is 0 Å². The summed E-state index contributed by atoms with van der Waals surface area (Å²) in [6, 6.07) is 0.317. The second kappa shape index (κ2) is 8.94. The van der Waals surface area contributed by atoms with Crippen LogP contribution in [0, 0.1) is 0 Å². The first-order valence-corrected chi connectivity index (χ1v) is 7.55. The highest BCUT2D eigenvalue weighted by molar-refractivity contribution is 5.77. The van der Waals surface area contributed by atoms with Crippen molar-refractivity contribution in [3.05, 3.63) is 0 Å². The maximum Gasteiger partial charge on any atom is 0.307 e. The van der Waals surface area contributed by atoms with E-state index < -0.39 is 0 Å². The maximum atomic E-state index is 12.1. The van der Waals surface area contributed by atoms with Crippen LogP contribution < -0.4 is 0 Å². The summed E-state index contributed by atoms with van der Waals surface area (Å²) in [4.78, 5) is 25.3. The van der Waals surface area contributed by atoms with Gasteiger partial charge in [-0.25, -0.2) is 0 Å². The Morgan fingerprint density at radius 1 is 1.11 bits per heavy atom. The molecule has 0 saturated heterocycles. The molecule has 0 bridgehead atoms. The van der Waals surface area contributed by atoms with Gasteiger partial charge in [0, 0.05) is 19.0 Å². The van der Waals surface area contributed by atoms with E-state index in [0.29, 0.717) is 25.4 Å². The minimum Gasteiger partial charge on any atom is -0.469 e. The Morgan fingerprint density at radius 3 is 2.21 bits per heavy atom. The zero-order valence-electron chi connectivity index (χ0n) is 12.3. The van der Waals surface area contributed by atoms with Gasteiger partial charge in [-0.05, 0) is 12.8 Å². The molecular weight excluding hydrogens is 242 g/mol. The average molecular weight is 269 g/mol. The van der Waals surface area contributed by atoms with E-state index in [2.05, 4.69) is 4.74 Å². The predicted molar refractivity (Wildman–Crippen MR) is 74.7 cm³/mol. The number of carbonyl (C=O) groups is 2. The van der Waals surface area contributed by atoms with Crippen molar-refractivity contribution in [3.63, 3.8) is 0 Å². The summed E-state index contributed by atoms with van der Waals surface area (Å²) in [5.74, 6) is -0.0748. The van der Waals surface area contributed by atoms with Crippen molar-refractivity contribution in [2.45, 2.75) is 70.8 Å². The predicted octanol–water partition coefficient (Wildman–Crippen LogP) is 2.90. The van der Waals surface area contributed by atoms with Crippen molar-refractivity contribution in [3.8, 4) is 0 Å². The summed E-state index contributed by atoms with van der Waals surface area (Å²) in [6.45, 7) is 2.39. The van der Waals surface area contributed by atoms with Gasteiger partial charge in [-0.2, -0.15) is 0 Å². The van der Waals surface area contributed by atoms with E-state index >= 15 is 0 Å². The normalized spacial score (nSPS) is 17.4. The molecule has 0 aromatic carbocycles. The summed E-state index contributed by atoms with van der Waals surface area (Å²) in [6.07, 6.45) is 9.20. The highest BCUT2D eigenvalue weighted by Crippen LogP contribution is 2.22. The van der Waals surface area contributed by atoms with Crippen LogP contribution in [0.2, 0.25) is 0 Å². The minimum absolute atomic E-state index is 0.162. The number of hydrogen-bond acceptors (Lipinski definition) is 3. The largest absolute Gasteiger partial charge is 0.469 e. The van der Waals surface area contributed by atoms with E-state index in [4.69, 9.17) is 0 Å². The lowest BCUT2D eigenvalue weighted by Crippen LogP contribution is -2.41. The molecule has 0 aliphatic heterocycles. The summed E-state index contributed by atoms with van der Waals surface area (Å²) < 4.78 is 4.67. The second-order valence-electron chi connectivity index (χ2n) is 5.27. The molecule has 1 aliphatic carbocycles. The molecule has 0 spiro atoms. The number of esters is 1. The molecule has 0 aromatic rings. The summed E-state index contributed by atoms with van der Waals surface area (Å²) >= 11 is 0. The van der Waals surface area contributed by atoms with Crippen LogP contribution in [-0.4, -0.2) is 36.5 Å². The Morgan fingerprint density at radius 2 is 1.68 bits per heavy atom. The van der Waals surface area contributed by atoms with Crippen LogP contribution in [0.3, 0.4) is 0 Å². The molecule has 0 radical (unpaired) electrons. The molecule has 1 rings (SSSR count). The molecule has 0 N–H and O–H groups in total. The molecule has 4 nitrogen and oxygen atoms in total. The molecule has 1 saturated carbocycles. The van der Waals surface area contributed by atoms with Crippen LogP contribution in [0.5, 0.6) is 0 Å². The third kappa shape index (κ3) is 5.62. The van der Waals surface area contributed by atoms with Crippen molar-refractivity contribution >= 4 is 11.9 Å². The molecule has 0 aromatic heterocycles. The number of amides is 1. The number of hydrogen-bond donors (Lipinski definition) is 0. The van der Waals surface area contributed by atoms with Crippen molar-refractivity contribution in [2.75, 3.05) is 13.7 Å². The van der Waals surface area contributed by atoms with Crippen LogP contribution in [-0.2, 0) is 14.3 Å². The average Bonchev–Trinajstić information content (AvgIpc) is 2.39. The molecule has 0 heterocycles. The van der Waals surface area contributed by atoms with Crippen LogP contribution in [0.25, 0.3) is 0 Å². The highest BCUT2D eigenvalue weighted by atomic mass is 16.5. The second-order valence-corrected chi connectivity index (χ2v) is 5.27. The first-order valence-electron chi connectivity index (χ1n) is 7.55. The maximum absolute atomic E-state index is 12.1. The first-order chi connectivity index (χ1) is 9.19. The van der Waals surface area contributed by atoms with Crippen molar-refractivity contribution < 1.29 is 14.3 Å². The first kappa shape index (κ1) is 16.0. The van der Waals surface area contributed by atoms with Gasteiger partial charge in [0.1, 0.15) is 0 Å². The summed E-state index contributed by atoms with van der Waals surface area (Å²) in [5.41, 5.74) is 0. The topological polar surface area (TPSA) is 46.6 Å². The van der Waals surface area contributed by atoms with Crippen LogP contribution >= 0.6 is 0 Å². The van der Waals surface area contributed by atoms with Gasteiger partial charge in [-0.1, -0.05) is 39.0 Å². The van der Waals surface area contributed by atoms with Gasteiger partial charge >= 0.3 is 5.97 Å². The lowest BCUT2D eigenvalue weighted by molar-refractivity contribution is -0.142. The standard InChI is InChI=1S/C15H27NO3/c1-3-14(17)16(12-11-15(18)19-2)13-9-7-5-4-6-8-10-13/h13H,3-12H2,1-2H3. The molecule has 1 fully saturated rings. The Balaban J connectivity index is 2.59. The SMILES string of the molecule is CCC(=O)N(CCC(=O)OC)C1CCCCCCC1. The van der Waals surface area contributed by atoms with Crippen molar-refractivity contribution in [2.24, 2.45) is 0 Å². The van der Waals surface area contributed by atoms with Crippen LogP contribution in [0.1, 0.15) is 64.7 Å². The van der Waals surface area contributed by atoms with E-state index in [-0.39, 0.29) is 11.9 Å². The Bertz CT molecular complexity index is 283. The Labute approximate surface area is 116 Å². The van der Waals surface area contributed by atoms with Gasteiger partial charge in [0.05, 0.1) is 13.5 Å². The third-order valence-electron chi connectivity index (χ3n) is 3.92. The van der Waals surface area contributed by atoms with E-state index in [0.717, 1.165) is 12.8 Å². The fourth-order valence-electron chi connectivity index (χ4n) is 2.77. The monoisotopic (exact) mass is 269 g/mol. The van der Waals surface area contributed by atoms with Crippen molar-refractivity contribution in [1.82, 2.24) is 4.90 Å². The highest BCUT2D eigenvalue weighted by Gasteiger charge is 2.23. The smallest absolute Gasteiger partial charge is 0.307 e. The van der Waals surface area contributed by atoms with Crippen molar-refractivity contribution in [1.29, 1.82) is 0 Å². The Hall–Kier alpha value is -1.06. The van der Waals surface area contributed by atoms with Gasteiger partial charge < -0.3 is 9.64 Å². The molecule has 110 valence electrons. The van der Waals surface area contributed by atoms with Gasteiger partial charge in [-0.15, -0.1) is 0 Å². The number of nitrogens with zero attached hydrogens (tertiary/aromatic N) is 1. The van der Waals surface area contributed by atoms with E-state index in [1.54, 1.807) is 0 Å². The Kier molecular flexibility index (Phi) is 7.53. The fourth-order valence-corrected chi connectivity index (χ4v) is 2.77. The minimum atomic E-state index is -0.236. The quantitative estimate of drug-likeness (QED) is 0.721. The molecule has 1 amide bonds. The third-order valence-corrected chi connectivity index (χ3v) is 3.92. The van der Waals surface area contributed by atoms with Crippen LogP contribution in [0.15, 0.2) is 0 Å². The molecule has 19 heavy (non-hydrogen) atoms. The zero-order valence-corrected chi connectivity index (χ0v) is 12.3. The van der Waals surface area contributed by atoms with E-state index in [9.17, 15) is 9.59 Å². The van der Waals surface area contributed by atoms with Gasteiger partial charge in [0.2, 0.25) is 5.91 Å². The fraction of sp³-hybridized carbons (Fsp3) is 0.867. The number of carbonyl (C=O) groups excluding carboxylic acids is 2. The molecule has 4 heteroatoms. The molecule has 1 aliphatic rings. The van der Waals surface area contributed by atoms with Gasteiger partial charge in [-0.3, -0.25) is 9.59 Å². The molecule has 0 atom stereocenters. The number of methoxy groups -OCH3 is 1. The van der Waals surface area contributed by atoms with E-state index in [1.807, 2.05) is 11.8 Å². The summed E-state index contributed by atoms with van der Waals surface area (Å²) in [7, 11) is 1.39. The molecule has 0 unspecified atom stereocenters. The van der Waals surface area contributed by atoms with E-state index in [1.165, 1.54) is 39.2 Å². The number of ether oxygens (including phenoxy) is 1. The van der Waals surface area contributed by atoms with Gasteiger partial charge in [0.25, 0.3) is 0 Å². The number of rotatable bonds is 5. The lowest BCUT2D eigenvalue weighted by atomic mass is 9.95. The zero-order chi connectivity index (χ0) is 14.1. The molecular formula is C15H27NO3.